The van der Waals surface area contributed by atoms with Crippen molar-refractivity contribution in [3.63, 3.8) is 0 Å². The number of halogens is 2. The summed E-state index contributed by atoms with van der Waals surface area (Å²) < 4.78 is 0.840. The van der Waals surface area contributed by atoms with Crippen LogP contribution in [0.15, 0.2) is 108 Å². The van der Waals surface area contributed by atoms with E-state index < -0.39 is 23.4 Å². The fourth-order valence-electron chi connectivity index (χ4n) is 6.72. The Morgan fingerprint density at radius 1 is 0.850 bits per heavy atom. The highest BCUT2D eigenvalue weighted by Crippen LogP contribution is 2.58. The van der Waals surface area contributed by atoms with Gasteiger partial charge in [0.15, 0.2) is 11.6 Å². The van der Waals surface area contributed by atoms with Gasteiger partial charge in [-0.3, -0.25) is 14.4 Å². The first-order valence-corrected chi connectivity index (χ1v) is 14.1. The first-order valence-electron chi connectivity index (χ1n) is 13.0. The number of nitrogens with one attached hydrogen (secondary N) is 1. The van der Waals surface area contributed by atoms with Gasteiger partial charge in [-0.25, -0.2) is 0 Å². The van der Waals surface area contributed by atoms with Gasteiger partial charge >= 0.3 is 0 Å². The predicted molar refractivity (Wildman–Crippen MR) is 160 cm³/mol. The molecular weight excluding hydrogens is 588 g/mol. The van der Waals surface area contributed by atoms with Crippen LogP contribution in [0.3, 0.4) is 0 Å². The molecule has 1 N–H and O–H groups in total. The zero-order chi connectivity index (χ0) is 27.6. The standard InChI is InChI=1S/C33H22BrClN2O3/c34-22-13-10-20(11-14-22)31(39)29-28(30(38)19-6-2-1-3-7-19)33(24-8-4-5-9-25(24)36-32(33)40)27-17-12-21-18-23(35)15-16-26(21)37(27)29/h1-18,27-29H,(H,36,40)/t27-,28-,29-,33+/m1/s1. The summed E-state index contributed by atoms with van der Waals surface area (Å²) in [5.41, 5.74) is 2.54. The zero-order valence-corrected chi connectivity index (χ0v) is 23.4. The molecule has 3 aliphatic rings. The lowest BCUT2D eigenvalue weighted by Gasteiger charge is -2.37. The summed E-state index contributed by atoms with van der Waals surface area (Å²) in [4.78, 5) is 45.6. The van der Waals surface area contributed by atoms with E-state index >= 15 is 0 Å². The van der Waals surface area contributed by atoms with Crippen LogP contribution < -0.4 is 10.2 Å². The highest BCUT2D eigenvalue weighted by Gasteiger charge is 2.70. The number of anilines is 2. The second-order valence-corrected chi connectivity index (χ2v) is 11.7. The SMILES string of the molecule is O=C(c1ccc(Br)cc1)[C@H]1[C@H](C(=O)c2ccccc2)[C@@]2(C(=O)Nc3ccccc32)[C@H]2C=Cc3cc(Cl)ccc3N12. The van der Waals surface area contributed by atoms with Crippen molar-refractivity contribution in [2.45, 2.75) is 17.5 Å². The van der Waals surface area contributed by atoms with Crippen LogP contribution in [-0.4, -0.2) is 29.6 Å². The number of Topliss-reactive ketones (excluding diaryl/α,β-unsaturated/α-hetero) is 2. The Hall–Kier alpha value is -4.00. The average Bonchev–Trinajstić information content (AvgIpc) is 3.45. The maximum atomic E-state index is 14.7. The van der Waals surface area contributed by atoms with Crippen LogP contribution in [0.5, 0.6) is 0 Å². The normalized spacial score (nSPS) is 23.9. The second kappa shape index (κ2) is 9.29. The molecule has 4 aromatic carbocycles. The van der Waals surface area contributed by atoms with Gasteiger partial charge in [0.2, 0.25) is 5.91 Å². The van der Waals surface area contributed by atoms with Crippen molar-refractivity contribution in [2.24, 2.45) is 5.92 Å². The first kappa shape index (κ1) is 25.0. The Balaban J connectivity index is 1.54. The van der Waals surface area contributed by atoms with Gasteiger partial charge in [-0.2, -0.15) is 0 Å². The van der Waals surface area contributed by atoms with E-state index in [0.29, 0.717) is 21.8 Å². The van der Waals surface area contributed by atoms with Crippen molar-refractivity contribution in [1.29, 1.82) is 0 Å². The smallest absolute Gasteiger partial charge is 0.238 e. The molecule has 40 heavy (non-hydrogen) atoms. The number of amides is 1. The number of para-hydroxylation sites is 1. The summed E-state index contributed by atoms with van der Waals surface area (Å²) in [5.74, 6) is -1.77. The van der Waals surface area contributed by atoms with E-state index in [0.717, 1.165) is 21.3 Å². The van der Waals surface area contributed by atoms with Gasteiger partial charge in [-0.15, -0.1) is 0 Å². The third-order valence-corrected chi connectivity index (χ3v) is 9.10. The van der Waals surface area contributed by atoms with Crippen molar-refractivity contribution in [1.82, 2.24) is 0 Å². The minimum Gasteiger partial charge on any atom is -0.352 e. The van der Waals surface area contributed by atoms with Crippen molar-refractivity contribution < 1.29 is 14.4 Å². The monoisotopic (exact) mass is 608 g/mol. The first-order chi connectivity index (χ1) is 19.4. The lowest BCUT2D eigenvalue weighted by atomic mass is 9.64. The lowest BCUT2D eigenvalue weighted by molar-refractivity contribution is -0.121. The molecule has 4 aromatic rings. The Morgan fingerprint density at radius 2 is 1.55 bits per heavy atom. The number of rotatable bonds is 4. The topological polar surface area (TPSA) is 66.5 Å². The van der Waals surface area contributed by atoms with E-state index in [9.17, 15) is 14.4 Å². The van der Waals surface area contributed by atoms with Gasteiger partial charge in [-0.05, 0) is 47.5 Å². The largest absolute Gasteiger partial charge is 0.352 e. The molecule has 0 bridgehead atoms. The third-order valence-electron chi connectivity index (χ3n) is 8.33. The molecule has 0 aliphatic carbocycles. The highest BCUT2D eigenvalue weighted by molar-refractivity contribution is 9.10. The summed E-state index contributed by atoms with van der Waals surface area (Å²) in [6.07, 6.45) is 3.88. The van der Waals surface area contributed by atoms with Crippen LogP contribution in [0.2, 0.25) is 5.02 Å². The number of carbonyl (C=O) groups is 3. The summed E-state index contributed by atoms with van der Waals surface area (Å²) in [7, 11) is 0. The zero-order valence-electron chi connectivity index (χ0n) is 21.1. The highest BCUT2D eigenvalue weighted by atomic mass is 79.9. The fraction of sp³-hybridized carbons (Fsp3) is 0.121. The summed E-state index contributed by atoms with van der Waals surface area (Å²) in [6.45, 7) is 0. The minimum absolute atomic E-state index is 0.225. The molecule has 0 saturated carbocycles. The molecule has 7 rings (SSSR count). The molecule has 4 atom stereocenters. The van der Waals surface area contributed by atoms with Crippen LogP contribution in [-0.2, 0) is 10.2 Å². The number of fused-ring (bicyclic) bond motifs is 6. The molecule has 0 aromatic heterocycles. The Morgan fingerprint density at radius 3 is 2.33 bits per heavy atom. The molecule has 1 spiro atoms. The maximum absolute atomic E-state index is 14.7. The van der Waals surface area contributed by atoms with E-state index in [1.165, 1.54) is 0 Å². The average molecular weight is 610 g/mol. The number of nitrogens with zero attached hydrogens (tertiary/aromatic N) is 1. The molecule has 1 saturated heterocycles. The number of ketones is 2. The van der Waals surface area contributed by atoms with Crippen LogP contribution in [0.1, 0.15) is 31.8 Å². The third kappa shape index (κ3) is 3.49. The lowest BCUT2D eigenvalue weighted by Crippen LogP contribution is -2.51. The van der Waals surface area contributed by atoms with Crippen molar-refractivity contribution in [2.75, 3.05) is 10.2 Å². The van der Waals surface area contributed by atoms with Crippen molar-refractivity contribution in [3.05, 3.63) is 135 Å². The van der Waals surface area contributed by atoms with Crippen LogP contribution in [0.25, 0.3) is 6.08 Å². The molecule has 3 heterocycles. The van der Waals surface area contributed by atoms with Gasteiger partial charge in [0.05, 0.1) is 12.0 Å². The quantitative estimate of drug-likeness (QED) is 0.254. The Bertz CT molecular complexity index is 1740. The number of carbonyl (C=O) groups excluding carboxylic acids is 3. The second-order valence-electron chi connectivity index (χ2n) is 10.3. The van der Waals surface area contributed by atoms with Gasteiger partial charge in [0.25, 0.3) is 0 Å². The van der Waals surface area contributed by atoms with E-state index in [1.807, 2.05) is 71.6 Å². The number of hydrogen-bond donors (Lipinski definition) is 1. The van der Waals surface area contributed by atoms with Crippen molar-refractivity contribution in [3.8, 4) is 0 Å². The van der Waals surface area contributed by atoms with Gasteiger partial charge in [0, 0.05) is 32.0 Å². The molecule has 3 aliphatic heterocycles. The Kier molecular flexibility index (Phi) is 5.81. The van der Waals surface area contributed by atoms with Crippen LogP contribution in [0.4, 0.5) is 11.4 Å². The van der Waals surface area contributed by atoms with E-state index in [-0.39, 0.29) is 17.5 Å². The summed E-state index contributed by atoms with van der Waals surface area (Å²) >= 11 is 9.81. The number of benzene rings is 4. The predicted octanol–water partition coefficient (Wildman–Crippen LogP) is 6.96. The fourth-order valence-corrected chi connectivity index (χ4v) is 7.16. The number of hydrogen-bond acceptors (Lipinski definition) is 4. The molecule has 0 unspecified atom stereocenters. The van der Waals surface area contributed by atoms with Gasteiger partial charge in [0.1, 0.15) is 11.5 Å². The van der Waals surface area contributed by atoms with E-state index in [1.54, 1.807) is 42.5 Å². The Labute approximate surface area is 244 Å². The molecule has 0 radical (unpaired) electrons. The van der Waals surface area contributed by atoms with Crippen molar-refractivity contribution >= 4 is 62.5 Å². The molecule has 1 fully saturated rings. The van der Waals surface area contributed by atoms with Gasteiger partial charge in [-0.1, -0.05) is 100 Å². The van der Waals surface area contributed by atoms with E-state index in [4.69, 9.17) is 11.6 Å². The molecule has 196 valence electrons. The molecule has 7 heteroatoms. The van der Waals surface area contributed by atoms with E-state index in [2.05, 4.69) is 21.2 Å². The molecule has 1 amide bonds. The summed E-state index contributed by atoms with van der Waals surface area (Å²) in [6, 6.07) is 27.5. The van der Waals surface area contributed by atoms with Crippen LogP contribution >= 0.6 is 27.5 Å². The van der Waals surface area contributed by atoms with Gasteiger partial charge < -0.3 is 10.2 Å². The minimum atomic E-state index is -1.34. The molecule has 5 nitrogen and oxygen atoms in total. The van der Waals surface area contributed by atoms with Crippen LogP contribution in [0, 0.1) is 5.92 Å². The maximum Gasteiger partial charge on any atom is 0.238 e. The summed E-state index contributed by atoms with van der Waals surface area (Å²) in [5, 5.41) is 3.61. The molecular formula is C33H22BrClN2O3.